The van der Waals surface area contributed by atoms with Crippen molar-refractivity contribution in [2.75, 3.05) is 26.2 Å². The zero-order valence-corrected chi connectivity index (χ0v) is 23.2. The molecule has 0 saturated carbocycles. The molecule has 2 saturated heterocycles. The molecule has 2 fully saturated rings. The lowest BCUT2D eigenvalue weighted by atomic mass is 10.1. The highest BCUT2D eigenvalue weighted by Gasteiger charge is 2.40. The van der Waals surface area contributed by atoms with Gasteiger partial charge in [0.1, 0.15) is 0 Å². The van der Waals surface area contributed by atoms with Crippen molar-refractivity contribution in [1.82, 2.24) is 24.6 Å². The lowest BCUT2D eigenvalue weighted by molar-refractivity contribution is -0.193. The molecule has 2 aliphatic heterocycles. The maximum Gasteiger partial charge on any atom is 0.490 e. The minimum atomic E-state index is -5.08. The molecule has 0 bridgehead atoms. The minimum absolute atomic E-state index is 0.341. The van der Waals surface area contributed by atoms with Crippen LogP contribution in [-0.4, -0.2) is 115 Å². The molecule has 2 atom stereocenters. The molecule has 0 aromatic carbocycles. The largest absolute Gasteiger partial charge is 0.490 e. The number of alkyl halides is 9. The number of aromatic nitrogens is 3. The number of hydrogen-bond donors (Lipinski definition) is 3. The Kier molecular flexibility index (Phi) is 14.7. The van der Waals surface area contributed by atoms with Gasteiger partial charge in [0.2, 0.25) is 0 Å². The normalized spacial score (nSPS) is 18.6. The highest BCUT2D eigenvalue weighted by Crippen LogP contribution is 2.25. The number of ether oxygens (including phenoxy) is 1. The first-order valence-corrected chi connectivity index (χ1v) is 12.4. The number of piperazine rings is 1. The fourth-order valence-electron chi connectivity index (χ4n) is 3.83. The third-order valence-electron chi connectivity index (χ3n) is 5.76. The minimum Gasteiger partial charge on any atom is -0.475 e. The van der Waals surface area contributed by atoms with Gasteiger partial charge >= 0.3 is 36.4 Å². The Morgan fingerprint density at radius 3 is 1.82 bits per heavy atom. The van der Waals surface area contributed by atoms with E-state index in [9.17, 15) is 39.5 Å². The summed E-state index contributed by atoms with van der Waals surface area (Å²) in [6.07, 6.45) is -6.01. The second-order valence-corrected chi connectivity index (χ2v) is 9.34. The molecule has 254 valence electrons. The van der Waals surface area contributed by atoms with Crippen molar-refractivity contribution in [3.8, 4) is 0 Å². The van der Waals surface area contributed by atoms with E-state index in [1.54, 1.807) is 6.20 Å². The van der Waals surface area contributed by atoms with Crippen LogP contribution in [0.5, 0.6) is 0 Å². The summed E-state index contributed by atoms with van der Waals surface area (Å²) in [5.74, 6) is -8.27. The number of fused-ring (bicyclic) bond motifs is 1. The van der Waals surface area contributed by atoms with Gasteiger partial charge in [0.05, 0.1) is 18.9 Å². The molecular weight excluding hydrogens is 641 g/mol. The smallest absolute Gasteiger partial charge is 0.475 e. The molecule has 2 aromatic rings. The van der Waals surface area contributed by atoms with Crippen LogP contribution >= 0.6 is 0 Å². The molecule has 0 spiro atoms. The van der Waals surface area contributed by atoms with Gasteiger partial charge in [-0.25, -0.2) is 14.4 Å². The van der Waals surface area contributed by atoms with Crippen LogP contribution in [0.1, 0.15) is 17.5 Å². The number of aryl methyl sites for hydroxylation is 1. The first-order valence-electron chi connectivity index (χ1n) is 12.4. The van der Waals surface area contributed by atoms with Crippen LogP contribution in [0.3, 0.4) is 0 Å². The van der Waals surface area contributed by atoms with Crippen molar-refractivity contribution in [3.63, 3.8) is 0 Å². The third kappa shape index (κ3) is 15.5. The van der Waals surface area contributed by atoms with Crippen LogP contribution in [0.4, 0.5) is 39.5 Å². The fraction of sp³-hybridized carbons (Fsp3) is 0.542. The Balaban J connectivity index is 0.000000396. The first-order chi connectivity index (χ1) is 20.6. The molecule has 12 nitrogen and oxygen atoms in total. The van der Waals surface area contributed by atoms with E-state index in [0.29, 0.717) is 18.8 Å². The highest BCUT2D eigenvalue weighted by atomic mass is 19.4. The summed E-state index contributed by atoms with van der Waals surface area (Å²) in [6, 6.07) is 4.66. The fourth-order valence-corrected chi connectivity index (χ4v) is 3.83. The number of rotatable bonds is 5. The molecule has 0 aliphatic carbocycles. The van der Waals surface area contributed by atoms with Crippen LogP contribution in [0.2, 0.25) is 0 Å². The van der Waals surface area contributed by atoms with Crippen LogP contribution in [-0.2, 0) is 39.3 Å². The molecule has 2 unspecified atom stereocenters. The predicted octanol–water partition coefficient (Wildman–Crippen LogP) is 3.19. The topological polar surface area (TPSA) is 158 Å². The molecule has 3 N–H and O–H groups in total. The van der Waals surface area contributed by atoms with Crippen LogP contribution in [0, 0.1) is 0 Å². The van der Waals surface area contributed by atoms with E-state index in [1.807, 2.05) is 30.2 Å². The SMILES string of the molecule is Cn1cc(CN2CCN3CC(OCc4cccnc4)CC3C2)cn1.O=C(O)C(F)(F)F.O=C(O)C(F)(F)F.O=C(O)C(F)(F)F. The molecule has 0 amide bonds. The zero-order chi connectivity index (χ0) is 34.6. The quantitative estimate of drug-likeness (QED) is 0.402. The van der Waals surface area contributed by atoms with Gasteiger partial charge in [0, 0.05) is 70.0 Å². The van der Waals surface area contributed by atoms with E-state index in [1.165, 1.54) is 5.56 Å². The summed E-state index contributed by atoms with van der Waals surface area (Å²) < 4.78 is 103. The molecule has 2 aliphatic rings. The highest BCUT2D eigenvalue weighted by molar-refractivity contribution is 5.73. The number of aliphatic carboxylic acids is 3. The van der Waals surface area contributed by atoms with Gasteiger partial charge in [0.25, 0.3) is 0 Å². The number of hydrogen-bond acceptors (Lipinski definition) is 8. The van der Waals surface area contributed by atoms with Crippen molar-refractivity contribution in [2.24, 2.45) is 7.05 Å². The predicted molar refractivity (Wildman–Crippen MR) is 132 cm³/mol. The zero-order valence-electron chi connectivity index (χ0n) is 23.2. The summed E-state index contributed by atoms with van der Waals surface area (Å²) in [4.78, 5) is 36.0. The number of carboxylic acids is 3. The van der Waals surface area contributed by atoms with Gasteiger partial charge in [-0.3, -0.25) is 19.5 Å². The van der Waals surface area contributed by atoms with Crippen molar-refractivity contribution in [3.05, 3.63) is 48.0 Å². The summed E-state index contributed by atoms with van der Waals surface area (Å²) in [6.45, 7) is 6.11. The van der Waals surface area contributed by atoms with Gasteiger partial charge in [-0.05, 0) is 18.1 Å². The Morgan fingerprint density at radius 2 is 1.40 bits per heavy atom. The average molecular weight is 669 g/mol. The van der Waals surface area contributed by atoms with E-state index in [-0.39, 0.29) is 0 Å². The van der Waals surface area contributed by atoms with Gasteiger partial charge in [0.15, 0.2) is 0 Å². The Hall–Kier alpha value is -3.98. The molecule has 0 radical (unpaired) electrons. The number of nitrogens with zero attached hydrogens (tertiary/aromatic N) is 5. The molecular formula is C24H28F9N5O7. The van der Waals surface area contributed by atoms with Crippen LogP contribution in [0.25, 0.3) is 0 Å². The van der Waals surface area contributed by atoms with Crippen LogP contribution < -0.4 is 0 Å². The Bertz CT molecular complexity index is 1170. The Morgan fingerprint density at radius 1 is 0.867 bits per heavy atom. The van der Waals surface area contributed by atoms with E-state index < -0.39 is 36.4 Å². The van der Waals surface area contributed by atoms with E-state index >= 15 is 0 Å². The second kappa shape index (κ2) is 16.9. The van der Waals surface area contributed by atoms with Gasteiger partial charge in [-0.1, -0.05) is 6.07 Å². The number of pyridine rings is 1. The van der Waals surface area contributed by atoms with E-state index in [4.69, 9.17) is 34.4 Å². The van der Waals surface area contributed by atoms with Crippen molar-refractivity contribution >= 4 is 17.9 Å². The van der Waals surface area contributed by atoms with Crippen LogP contribution in [0.15, 0.2) is 36.9 Å². The lowest BCUT2D eigenvalue weighted by Gasteiger charge is -2.37. The van der Waals surface area contributed by atoms with E-state index in [0.717, 1.165) is 44.7 Å². The van der Waals surface area contributed by atoms with Crippen molar-refractivity contribution in [2.45, 2.75) is 50.2 Å². The number of carbonyl (C=O) groups is 3. The van der Waals surface area contributed by atoms with Gasteiger partial charge in [-0.2, -0.15) is 44.6 Å². The van der Waals surface area contributed by atoms with Crippen molar-refractivity contribution < 1.29 is 74.0 Å². The molecule has 4 heterocycles. The summed E-state index contributed by atoms with van der Waals surface area (Å²) >= 11 is 0. The maximum absolute atomic E-state index is 10.6. The molecule has 45 heavy (non-hydrogen) atoms. The summed E-state index contributed by atoms with van der Waals surface area (Å²) in [5.41, 5.74) is 2.45. The van der Waals surface area contributed by atoms with Gasteiger partial charge < -0.3 is 20.1 Å². The van der Waals surface area contributed by atoms with Gasteiger partial charge in [-0.15, -0.1) is 0 Å². The third-order valence-corrected chi connectivity index (χ3v) is 5.76. The molecule has 21 heteroatoms. The average Bonchev–Trinajstić information content (AvgIpc) is 3.52. The monoisotopic (exact) mass is 669 g/mol. The Labute approximate surface area is 248 Å². The maximum atomic E-state index is 10.6. The van der Waals surface area contributed by atoms with Crippen molar-refractivity contribution in [1.29, 1.82) is 0 Å². The standard InChI is InChI=1S/C18H25N5O.3C2HF3O2/c1-21-10-16(9-20-21)11-22-5-6-23-13-18(7-17(23)12-22)24-14-15-3-2-4-19-8-15;3*3-2(4,5)1(6)7/h2-4,8-10,17-18H,5-7,11-14H2,1H3;3*(H,6,7). The number of carboxylic acid groups (broad SMARTS) is 3. The number of halogens is 9. The summed E-state index contributed by atoms with van der Waals surface area (Å²) in [5, 5.41) is 25.6. The second-order valence-electron chi connectivity index (χ2n) is 9.34. The molecule has 4 rings (SSSR count). The molecule has 2 aromatic heterocycles. The summed E-state index contributed by atoms with van der Waals surface area (Å²) in [7, 11) is 1.97. The first kappa shape index (κ1) is 39.0. The van der Waals surface area contributed by atoms with E-state index in [2.05, 4.69) is 32.1 Å². The lowest BCUT2D eigenvalue weighted by Crippen LogP contribution is -2.49.